The van der Waals surface area contributed by atoms with Gasteiger partial charge >= 0.3 is 6.03 Å². The van der Waals surface area contributed by atoms with Gasteiger partial charge in [0.1, 0.15) is 13.2 Å². The van der Waals surface area contributed by atoms with Crippen LogP contribution >= 0.6 is 11.6 Å². The third kappa shape index (κ3) is 4.11. The van der Waals surface area contributed by atoms with Gasteiger partial charge < -0.3 is 19.7 Å². The van der Waals surface area contributed by atoms with Crippen molar-refractivity contribution in [1.82, 2.24) is 10.2 Å². The minimum absolute atomic E-state index is 0.139. The van der Waals surface area contributed by atoms with Crippen molar-refractivity contribution in [2.24, 2.45) is 0 Å². The van der Waals surface area contributed by atoms with Crippen molar-refractivity contribution in [3.63, 3.8) is 0 Å². The van der Waals surface area contributed by atoms with Crippen LogP contribution in [0.5, 0.6) is 11.5 Å². The second kappa shape index (κ2) is 7.45. The van der Waals surface area contributed by atoms with E-state index in [2.05, 4.69) is 5.32 Å². The molecule has 2 aromatic rings. The van der Waals surface area contributed by atoms with Crippen molar-refractivity contribution in [1.29, 1.82) is 0 Å². The average molecular weight is 347 g/mol. The summed E-state index contributed by atoms with van der Waals surface area (Å²) < 4.78 is 11.1. The first-order valence-electron chi connectivity index (χ1n) is 7.74. The van der Waals surface area contributed by atoms with Gasteiger partial charge in [0, 0.05) is 25.2 Å². The summed E-state index contributed by atoms with van der Waals surface area (Å²) >= 11 is 5.85. The normalized spacial score (nSPS) is 12.6. The molecule has 2 amide bonds. The van der Waals surface area contributed by atoms with E-state index in [1.165, 1.54) is 0 Å². The molecule has 2 aromatic carbocycles. The van der Waals surface area contributed by atoms with Crippen LogP contribution < -0.4 is 14.8 Å². The molecule has 0 saturated carbocycles. The van der Waals surface area contributed by atoms with Crippen LogP contribution in [0.2, 0.25) is 5.02 Å². The molecule has 24 heavy (non-hydrogen) atoms. The quantitative estimate of drug-likeness (QED) is 0.922. The predicted octanol–water partition coefficient (Wildman–Crippen LogP) is 3.45. The number of fused-ring (bicyclic) bond motifs is 1. The largest absolute Gasteiger partial charge is 0.486 e. The molecule has 1 aliphatic rings. The molecule has 3 rings (SSSR count). The molecule has 126 valence electrons. The molecular formula is C18H19ClN2O3. The number of rotatable bonds is 4. The molecule has 5 nitrogen and oxygen atoms in total. The highest BCUT2D eigenvalue weighted by atomic mass is 35.5. The van der Waals surface area contributed by atoms with Crippen LogP contribution in [-0.4, -0.2) is 31.2 Å². The number of amides is 2. The topological polar surface area (TPSA) is 50.8 Å². The van der Waals surface area contributed by atoms with Gasteiger partial charge in [0.05, 0.1) is 0 Å². The number of carbonyl (C=O) groups is 1. The molecule has 0 aliphatic carbocycles. The van der Waals surface area contributed by atoms with Crippen molar-refractivity contribution in [3.8, 4) is 11.5 Å². The Morgan fingerprint density at radius 3 is 2.50 bits per heavy atom. The lowest BCUT2D eigenvalue weighted by Crippen LogP contribution is -2.36. The fourth-order valence-corrected chi connectivity index (χ4v) is 2.57. The summed E-state index contributed by atoms with van der Waals surface area (Å²) in [5.74, 6) is 1.48. The Morgan fingerprint density at radius 2 is 1.75 bits per heavy atom. The number of nitrogens with one attached hydrogen (secondary N) is 1. The highest BCUT2D eigenvalue weighted by Crippen LogP contribution is 2.31. The molecule has 0 fully saturated rings. The van der Waals surface area contributed by atoms with E-state index in [1.807, 2.05) is 42.5 Å². The standard InChI is InChI=1S/C18H19ClN2O3/c1-21(18(22)20-11-13-2-5-15(19)6-3-13)12-14-4-7-16-17(10-14)24-9-8-23-16/h2-7,10H,8-9,11-12H2,1H3,(H,20,22). The van der Waals surface area contributed by atoms with Crippen LogP contribution in [0.25, 0.3) is 0 Å². The lowest BCUT2D eigenvalue weighted by atomic mass is 10.2. The van der Waals surface area contributed by atoms with Gasteiger partial charge in [0.15, 0.2) is 11.5 Å². The fourth-order valence-electron chi connectivity index (χ4n) is 2.45. The van der Waals surface area contributed by atoms with Crippen LogP contribution in [0, 0.1) is 0 Å². The monoisotopic (exact) mass is 346 g/mol. The van der Waals surface area contributed by atoms with E-state index in [-0.39, 0.29) is 6.03 Å². The molecule has 0 spiro atoms. The van der Waals surface area contributed by atoms with Gasteiger partial charge in [-0.25, -0.2) is 4.79 Å². The van der Waals surface area contributed by atoms with E-state index >= 15 is 0 Å². The molecule has 0 bridgehead atoms. The van der Waals surface area contributed by atoms with Crippen LogP contribution in [0.3, 0.4) is 0 Å². The van der Waals surface area contributed by atoms with Gasteiger partial charge in [-0.15, -0.1) is 0 Å². The maximum Gasteiger partial charge on any atom is 0.317 e. The molecule has 0 aromatic heterocycles. The van der Waals surface area contributed by atoms with Crippen molar-refractivity contribution in [2.75, 3.05) is 20.3 Å². The Labute approximate surface area is 146 Å². The smallest absolute Gasteiger partial charge is 0.317 e. The maximum absolute atomic E-state index is 12.2. The van der Waals surface area contributed by atoms with E-state index in [0.717, 1.165) is 22.6 Å². The molecule has 6 heteroatoms. The second-order valence-corrected chi connectivity index (χ2v) is 6.06. The van der Waals surface area contributed by atoms with Crippen molar-refractivity contribution in [3.05, 3.63) is 58.6 Å². The Bertz CT molecular complexity index is 719. The van der Waals surface area contributed by atoms with E-state index in [4.69, 9.17) is 21.1 Å². The molecule has 1 heterocycles. The molecule has 0 radical (unpaired) electrons. The van der Waals surface area contributed by atoms with Gasteiger partial charge in [0.25, 0.3) is 0 Å². The van der Waals surface area contributed by atoms with Crippen LogP contribution in [0.4, 0.5) is 4.79 Å². The minimum Gasteiger partial charge on any atom is -0.486 e. The Hall–Kier alpha value is -2.40. The van der Waals surface area contributed by atoms with Crippen LogP contribution in [0.1, 0.15) is 11.1 Å². The van der Waals surface area contributed by atoms with Crippen LogP contribution in [-0.2, 0) is 13.1 Å². The summed E-state index contributed by atoms with van der Waals surface area (Å²) in [5, 5.41) is 3.57. The lowest BCUT2D eigenvalue weighted by Gasteiger charge is -2.21. The van der Waals surface area contributed by atoms with E-state index in [1.54, 1.807) is 11.9 Å². The summed E-state index contributed by atoms with van der Waals surface area (Å²) in [6.45, 7) is 2.07. The summed E-state index contributed by atoms with van der Waals surface area (Å²) in [5.41, 5.74) is 1.99. The number of hydrogen-bond donors (Lipinski definition) is 1. The number of ether oxygens (including phenoxy) is 2. The Morgan fingerprint density at radius 1 is 1.08 bits per heavy atom. The molecular weight excluding hydrogens is 328 g/mol. The second-order valence-electron chi connectivity index (χ2n) is 5.62. The van der Waals surface area contributed by atoms with Crippen molar-refractivity contribution < 1.29 is 14.3 Å². The number of urea groups is 1. The number of nitrogens with zero attached hydrogens (tertiary/aromatic N) is 1. The van der Waals surface area contributed by atoms with E-state index < -0.39 is 0 Å². The molecule has 0 atom stereocenters. The SMILES string of the molecule is CN(Cc1ccc2c(c1)OCCO2)C(=O)NCc1ccc(Cl)cc1. The number of carbonyl (C=O) groups excluding carboxylic acids is 1. The summed E-state index contributed by atoms with van der Waals surface area (Å²) in [6, 6.07) is 13.0. The minimum atomic E-state index is -0.139. The first-order chi connectivity index (χ1) is 11.6. The third-order valence-electron chi connectivity index (χ3n) is 3.73. The zero-order valence-corrected chi connectivity index (χ0v) is 14.2. The van der Waals surface area contributed by atoms with E-state index in [0.29, 0.717) is 31.3 Å². The Kier molecular flexibility index (Phi) is 5.11. The summed E-state index contributed by atoms with van der Waals surface area (Å²) in [4.78, 5) is 13.8. The van der Waals surface area contributed by atoms with Gasteiger partial charge in [0.2, 0.25) is 0 Å². The van der Waals surface area contributed by atoms with Crippen molar-refractivity contribution in [2.45, 2.75) is 13.1 Å². The summed E-state index contributed by atoms with van der Waals surface area (Å²) in [7, 11) is 1.76. The van der Waals surface area contributed by atoms with Gasteiger partial charge in [-0.2, -0.15) is 0 Å². The Balaban J connectivity index is 1.55. The average Bonchev–Trinajstić information content (AvgIpc) is 2.61. The predicted molar refractivity (Wildman–Crippen MR) is 92.6 cm³/mol. The maximum atomic E-state index is 12.2. The summed E-state index contributed by atoms with van der Waals surface area (Å²) in [6.07, 6.45) is 0. The first-order valence-corrected chi connectivity index (χ1v) is 8.11. The van der Waals surface area contributed by atoms with Gasteiger partial charge in [-0.1, -0.05) is 29.8 Å². The highest BCUT2D eigenvalue weighted by Gasteiger charge is 2.14. The first kappa shape index (κ1) is 16.5. The molecule has 1 N–H and O–H groups in total. The van der Waals surface area contributed by atoms with Gasteiger partial charge in [-0.05, 0) is 35.4 Å². The highest BCUT2D eigenvalue weighted by molar-refractivity contribution is 6.30. The number of hydrogen-bond acceptors (Lipinski definition) is 3. The number of halogens is 1. The van der Waals surface area contributed by atoms with Gasteiger partial charge in [-0.3, -0.25) is 0 Å². The van der Waals surface area contributed by atoms with Crippen molar-refractivity contribution >= 4 is 17.6 Å². The third-order valence-corrected chi connectivity index (χ3v) is 3.98. The number of benzene rings is 2. The zero-order valence-electron chi connectivity index (χ0n) is 13.4. The lowest BCUT2D eigenvalue weighted by molar-refractivity contribution is 0.171. The van der Waals surface area contributed by atoms with E-state index in [9.17, 15) is 4.79 Å². The zero-order chi connectivity index (χ0) is 16.9. The fraction of sp³-hybridized carbons (Fsp3) is 0.278. The molecule has 1 aliphatic heterocycles. The van der Waals surface area contributed by atoms with Crippen LogP contribution in [0.15, 0.2) is 42.5 Å². The molecule has 0 unspecified atom stereocenters. The molecule has 0 saturated heterocycles.